The fraction of sp³-hybridized carbons (Fsp3) is 0.462. The van der Waals surface area contributed by atoms with E-state index in [1.165, 1.54) is 0 Å². The molecule has 2 rings (SSSR count). The second-order valence-corrected chi connectivity index (χ2v) is 6.10. The Morgan fingerprint density at radius 2 is 2.24 bits per heavy atom. The molecule has 0 saturated carbocycles. The van der Waals surface area contributed by atoms with Gasteiger partial charge >= 0.3 is 0 Å². The lowest BCUT2D eigenvalue weighted by molar-refractivity contribution is 0.342. The fourth-order valence-electron chi connectivity index (χ4n) is 1.95. The summed E-state index contributed by atoms with van der Waals surface area (Å²) in [7, 11) is -0.806. The van der Waals surface area contributed by atoms with Crippen molar-refractivity contribution in [3.63, 3.8) is 0 Å². The van der Waals surface area contributed by atoms with E-state index < -0.39 is 10.8 Å². The zero-order valence-corrected chi connectivity index (χ0v) is 13.0. The van der Waals surface area contributed by atoms with Gasteiger partial charge in [0, 0.05) is 34.9 Å². The average molecular weight is 309 g/mol. The molecule has 0 spiro atoms. The predicted molar refractivity (Wildman–Crippen MR) is 82.4 cm³/mol. The number of aryl methyl sites for hydroxylation is 1. The number of benzene rings is 1. The second-order valence-electron chi connectivity index (χ2n) is 4.54. The first kappa shape index (κ1) is 15.4. The number of anilines is 1. The van der Waals surface area contributed by atoms with Gasteiger partial charge in [-0.05, 0) is 42.0 Å². The largest absolute Gasteiger partial charge is 0.492 e. The molecule has 2 N–H and O–H groups in total. The monoisotopic (exact) mass is 309 g/mol. The first-order chi connectivity index (χ1) is 10.1. The van der Waals surface area contributed by atoms with Crippen molar-refractivity contribution >= 4 is 16.5 Å². The first-order valence-electron chi connectivity index (χ1n) is 6.70. The van der Waals surface area contributed by atoms with E-state index in [0.717, 1.165) is 12.0 Å². The molecule has 0 saturated heterocycles. The molecule has 0 aliphatic carbocycles. The predicted octanol–water partition coefficient (Wildman–Crippen LogP) is 1.09. The lowest BCUT2D eigenvalue weighted by Gasteiger charge is -2.09. The smallest absolute Gasteiger partial charge is 0.182 e. The maximum absolute atomic E-state index is 11.1. The standard InChI is InChI=1S/C13H19N5O2S/c1-3-20-12-6-5-10(9-11(12)14)13-15-16-17-18(13)7-4-8-21(2)19/h5-6,9H,3-4,7-8,14H2,1-2H3. The number of nitrogens with two attached hydrogens (primary N) is 1. The van der Waals surface area contributed by atoms with Gasteiger partial charge < -0.3 is 10.5 Å². The van der Waals surface area contributed by atoms with Gasteiger partial charge in [0.1, 0.15) is 5.75 Å². The molecule has 1 aromatic heterocycles. The number of aromatic nitrogens is 4. The van der Waals surface area contributed by atoms with E-state index in [4.69, 9.17) is 10.5 Å². The third-order valence-corrected chi connectivity index (χ3v) is 3.77. The molecule has 1 heterocycles. The Balaban J connectivity index is 2.17. The van der Waals surface area contributed by atoms with Crippen molar-refractivity contribution in [1.29, 1.82) is 0 Å². The van der Waals surface area contributed by atoms with E-state index in [9.17, 15) is 4.21 Å². The van der Waals surface area contributed by atoms with Crippen LogP contribution in [0.4, 0.5) is 5.69 Å². The van der Waals surface area contributed by atoms with Crippen LogP contribution >= 0.6 is 0 Å². The van der Waals surface area contributed by atoms with Gasteiger partial charge in [-0.1, -0.05) is 0 Å². The Kier molecular flexibility index (Phi) is 5.26. The van der Waals surface area contributed by atoms with Gasteiger partial charge in [-0.25, -0.2) is 4.68 Å². The highest BCUT2D eigenvalue weighted by molar-refractivity contribution is 7.84. The molecule has 0 aliphatic heterocycles. The molecule has 114 valence electrons. The van der Waals surface area contributed by atoms with Crippen molar-refractivity contribution in [3.8, 4) is 17.1 Å². The highest BCUT2D eigenvalue weighted by Gasteiger charge is 2.11. The van der Waals surface area contributed by atoms with Crippen LogP contribution < -0.4 is 10.5 Å². The Morgan fingerprint density at radius 1 is 1.43 bits per heavy atom. The third-order valence-electron chi connectivity index (χ3n) is 2.90. The number of rotatable bonds is 7. The van der Waals surface area contributed by atoms with Crippen LogP contribution in [0, 0.1) is 0 Å². The molecule has 1 aromatic carbocycles. The Morgan fingerprint density at radius 3 is 2.90 bits per heavy atom. The topological polar surface area (TPSA) is 95.9 Å². The van der Waals surface area contributed by atoms with Crippen molar-refractivity contribution in [2.24, 2.45) is 0 Å². The summed E-state index contributed by atoms with van der Waals surface area (Å²) >= 11 is 0. The Bertz CT molecular complexity index is 629. The molecule has 0 bridgehead atoms. The zero-order valence-electron chi connectivity index (χ0n) is 12.2. The lowest BCUT2D eigenvalue weighted by atomic mass is 10.1. The molecule has 0 radical (unpaired) electrons. The van der Waals surface area contributed by atoms with E-state index in [1.54, 1.807) is 17.0 Å². The van der Waals surface area contributed by atoms with Gasteiger partial charge in [0.15, 0.2) is 5.82 Å². The fourth-order valence-corrected chi connectivity index (χ4v) is 2.49. The minimum atomic E-state index is -0.806. The van der Waals surface area contributed by atoms with Crippen molar-refractivity contribution in [1.82, 2.24) is 20.2 Å². The van der Waals surface area contributed by atoms with Crippen molar-refractivity contribution in [2.75, 3.05) is 24.3 Å². The van der Waals surface area contributed by atoms with E-state index in [-0.39, 0.29) is 0 Å². The second kappa shape index (κ2) is 7.16. The maximum atomic E-state index is 11.1. The lowest BCUT2D eigenvalue weighted by Crippen LogP contribution is -2.07. The summed E-state index contributed by atoms with van der Waals surface area (Å²) in [6.07, 6.45) is 2.45. The van der Waals surface area contributed by atoms with Crippen LogP contribution in [-0.2, 0) is 17.3 Å². The summed E-state index contributed by atoms with van der Waals surface area (Å²) in [4.78, 5) is 0. The summed E-state index contributed by atoms with van der Waals surface area (Å²) in [6, 6.07) is 5.49. The molecule has 1 unspecified atom stereocenters. The minimum absolute atomic E-state index is 0.554. The number of nitrogen functional groups attached to an aromatic ring is 1. The quantitative estimate of drug-likeness (QED) is 0.769. The van der Waals surface area contributed by atoms with Crippen LogP contribution in [0.3, 0.4) is 0 Å². The number of ether oxygens (including phenoxy) is 1. The van der Waals surface area contributed by atoms with Crippen LogP contribution in [0.5, 0.6) is 5.75 Å². The van der Waals surface area contributed by atoms with Crippen LogP contribution in [0.2, 0.25) is 0 Å². The maximum Gasteiger partial charge on any atom is 0.182 e. The molecular formula is C13H19N5O2S. The van der Waals surface area contributed by atoms with Crippen molar-refractivity contribution in [3.05, 3.63) is 18.2 Å². The molecule has 2 aromatic rings. The number of hydrogen-bond donors (Lipinski definition) is 1. The molecule has 0 fully saturated rings. The van der Waals surface area contributed by atoms with E-state index in [0.29, 0.717) is 36.2 Å². The summed E-state index contributed by atoms with van der Waals surface area (Å²) < 4.78 is 18.2. The first-order valence-corrected chi connectivity index (χ1v) is 8.43. The SMILES string of the molecule is CCOc1ccc(-c2nnnn2CCCS(C)=O)cc1N. The average Bonchev–Trinajstić information content (AvgIpc) is 2.89. The van der Waals surface area contributed by atoms with Gasteiger partial charge in [-0.2, -0.15) is 0 Å². The molecule has 8 heteroatoms. The van der Waals surface area contributed by atoms with Crippen LogP contribution in [0.25, 0.3) is 11.4 Å². The van der Waals surface area contributed by atoms with Gasteiger partial charge in [0.05, 0.1) is 12.3 Å². The summed E-state index contributed by atoms with van der Waals surface area (Å²) in [6.45, 7) is 3.09. The van der Waals surface area contributed by atoms with Gasteiger partial charge in [0.2, 0.25) is 0 Å². The summed E-state index contributed by atoms with van der Waals surface area (Å²) in [5, 5.41) is 11.7. The Hall–Kier alpha value is -1.96. The Labute approximate surface area is 125 Å². The van der Waals surface area contributed by atoms with Crippen LogP contribution in [0.1, 0.15) is 13.3 Å². The number of hydrogen-bond acceptors (Lipinski definition) is 6. The molecule has 7 nitrogen and oxygen atoms in total. The van der Waals surface area contributed by atoms with Crippen molar-refractivity contribution in [2.45, 2.75) is 19.9 Å². The highest BCUT2D eigenvalue weighted by Crippen LogP contribution is 2.27. The molecule has 21 heavy (non-hydrogen) atoms. The van der Waals surface area contributed by atoms with Gasteiger partial charge in [-0.15, -0.1) is 5.10 Å². The normalized spacial score (nSPS) is 12.3. The molecular weight excluding hydrogens is 290 g/mol. The minimum Gasteiger partial charge on any atom is -0.492 e. The molecule has 0 aliphatic rings. The van der Waals surface area contributed by atoms with Crippen LogP contribution in [0.15, 0.2) is 18.2 Å². The summed E-state index contributed by atoms with van der Waals surface area (Å²) in [5.74, 6) is 1.93. The number of tetrazole rings is 1. The summed E-state index contributed by atoms with van der Waals surface area (Å²) in [5.41, 5.74) is 7.35. The molecule has 1 atom stereocenters. The van der Waals surface area contributed by atoms with E-state index in [1.807, 2.05) is 19.1 Å². The zero-order chi connectivity index (χ0) is 15.2. The third kappa shape index (κ3) is 4.01. The van der Waals surface area contributed by atoms with E-state index in [2.05, 4.69) is 15.5 Å². The van der Waals surface area contributed by atoms with E-state index >= 15 is 0 Å². The molecule has 0 amide bonds. The highest BCUT2D eigenvalue weighted by atomic mass is 32.2. The van der Waals surface area contributed by atoms with Gasteiger partial charge in [-0.3, -0.25) is 4.21 Å². The van der Waals surface area contributed by atoms with Gasteiger partial charge in [0.25, 0.3) is 0 Å². The van der Waals surface area contributed by atoms with Crippen molar-refractivity contribution < 1.29 is 8.95 Å². The van der Waals surface area contributed by atoms with Crippen LogP contribution in [-0.4, -0.2) is 43.0 Å². The number of nitrogens with zero attached hydrogens (tertiary/aromatic N) is 4.